The first-order valence-corrected chi connectivity index (χ1v) is 10.4. The fourth-order valence-corrected chi connectivity index (χ4v) is 3.76. The molecule has 1 aromatic heterocycles. The molecule has 0 radical (unpaired) electrons. The van der Waals surface area contributed by atoms with Crippen LogP contribution in [-0.2, 0) is 16.1 Å². The van der Waals surface area contributed by atoms with Crippen molar-refractivity contribution in [3.8, 4) is 0 Å². The zero-order valence-electron chi connectivity index (χ0n) is 17.7. The molecule has 0 unspecified atom stereocenters. The van der Waals surface area contributed by atoms with Gasteiger partial charge in [0, 0.05) is 24.5 Å². The van der Waals surface area contributed by atoms with E-state index in [1.54, 1.807) is 12.1 Å². The fraction of sp³-hybridized carbons (Fsp3) is 0.200. The second kappa shape index (κ2) is 8.92. The highest BCUT2D eigenvalue weighted by molar-refractivity contribution is 6.36. The van der Waals surface area contributed by atoms with E-state index in [0.717, 1.165) is 24.5 Å². The van der Waals surface area contributed by atoms with Gasteiger partial charge in [-0.3, -0.25) is 14.5 Å². The Bertz CT molecular complexity index is 1080. The van der Waals surface area contributed by atoms with Gasteiger partial charge in [-0.1, -0.05) is 30.3 Å². The number of amides is 2. The number of benzene rings is 2. The van der Waals surface area contributed by atoms with Gasteiger partial charge in [0.1, 0.15) is 11.5 Å². The molecule has 0 spiro atoms. The van der Waals surface area contributed by atoms with Gasteiger partial charge < -0.3 is 14.6 Å². The van der Waals surface area contributed by atoms with Crippen molar-refractivity contribution in [3.05, 3.63) is 90.0 Å². The number of hydrogen-bond donors (Lipinski definition) is 1. The van der Waals surface area contributed by atoms with Gasteiger partial charge in [-0.15, -0.1) is 0 Å². The van der Waals surface area contributed by atoms with Crippen LogP contribution in [0.3, 0.4) is 0 Å². The molecule has 2 heterocycles. The molecule has 158 valence electrons. The summed E-state index contributed by atoms with van der Waals surface area (Å²) in [7, 11) is 0. The zero-order chi connectivity index (χ0) is 21.8. The summed E-state index contributed by atoms with van der Waals surface area (Å²) in [5.41, 5.74) is 3.20. The molecule has 0 saturated heterocycles. The van der Waals surface area contributed by atoms with Crippen molar-refractivity contribution in [2.75, 3.05) is 23.3 Å². The van der Waals surface area contributed by atoms with E-state index in [1.165, 1.54) is 11.2 Å². The van der Waals surface area contributed by atoms with Crippen LogP contribution >= 0.6 is 0 Å². The molecule has 1 aliphatic heterocycles. The molecular formula is C25H25N3O3. The second-order valence-electron chi connectivity index (χ2n) is 7.24. The summed E-state index contributed by atoms with van der Waals surface area (Å²) < 4.78 is 5.35. The lowest BCUT2D eigenvalue weighted by atomic mass is 10.0. The second-order valence-corrected chi connectivity index (χ2v) is 7.24. The van der Waals surface area contributed by atoms with Gasteiger partial charge in [-0.05, 0) is 55.8 Å². The molecule has 3 aromatic rings. The first-order valence-electron chi connectivity index (χ1n) is 10.4. The van der Waals surface area contributed by atoms with E-state index in [2.05, 4.69) is 24.1 Å². The number of carbonyl (C=O) groups is 2. The Morgan fingerprint density at radius 2 is 1.58 bits per heavy atom. The maximum atomic E-state index is 13.2. The quantitative estimate of drug-likeness (QED) is 0.548. The van der Waals surface area contributed by atoms with Gasteiger partial charge in [-0.2, -0.15) is 0 Å². The molecule has 1 N–H and O–H groups in total. The highest BCUT2D eigenvalue weighted by Gasteiger charge is 2.39. The van der Waals surface area contributed by atoms with Gasteiger partial charge >= 0.3 is 0 Å². The predicted octanol–water partition coefficient (Wildman–Crippen LogP) is 4.52. The first-order chi connectivity index (χ1) is 15.1. The third-order valence-corrected chi connectivity index (χ3v) is 5.39. The molecule has 31 heavy (non-hydrogen) atoms. The number of nitrogens with zero attached hydrogens (tertiary/aromatic N) is 2. The van der Waals surface area contributed by atoms with Gasteiger partial charge in [0.25, 0.3) is 11.8 Å². The van der Waals surface area contributed by atoms with Crippen LogP contribution in [0.25, 0.3) is 5.57 Å². The van der Waals surface area contributed by atoms with Crippen molar-refractivity contribution < 1.29 is 14.0 Å². The maximum Gasteiger partial charge on any atom is 0.278 e. The van der Waals surface area contributed by atoms with E-state index >= 15 is 0 Å². The Hall–Kier alpha value is -3.80. The summed E-state index contributed by atoms with van der Waals surface area (Å²) in [6, 6.07) is 20.6. The van der Waals surface area contributed by atoms with Crippen LogP contribution in [0.5, 0.6) is 0 Å². The predicted molar refractivity (Wildman–Crippen MR) is 121 cm³/mol. The van der Waals surface area contributed by atoms with E-state index in [9.17, 15) is 9.59 Å². The molecule has 6 nitrogen and oxygen atoms in total. The normalized spacial score (nSPS) is 13.8. The Morgan fingerprint density at radius 1 is 0.871 bits per heavy atom. The highest BCUT2D eigenvalue weighted by atomic mass is 16.3. The summed E-state index contributed by atoms with van der Waals surface area (Å²) >= 11 is 0. The number of rotatable bonds is 8. The first kappa shape index (κ1) is 20.5. The number of imide groups is 1. The molecule has 0 aliphatic carbocycles. The molecule has 0 bridgehead atoms. The molecule has 2 aromatic carbocycles. The van der Waals surface area contributed by atoms with Crippen molar-refractivity contribution >= 4 is 28.8 Å². The van der Waals surface area contributed by atoms with Crippen molar-refractivity contribution in [2.45, 2.75) is 20.4 Å². The average Bonchev–Trinajstić information content (AvgIpc) is 3.39. The SMILES string of the molecule is CCN(CC)c1ccc(NC2=C(c3ccccc3)C(=O)N(Cc3ccco3)C2=O)cc1. The number of nitrogens with one attached hydrogen (secondary N) is 1. The van der Waals surface area contributed by atoms with Crippen LogP contribution in [0.4, 0.5) is 11.4 Å². The van der Waals surface area contributed by atoms with Gasteiger partial charge in [0.2, 0.25) is 0 Å². The molecule has 4 rings (SSSR count). The minimum absolute atomic E-state index is 0.0904. The summed E-state index contributed by atoms with van der Waals surface area (Å²) in [6.45, 7) is 6.15. The number of hydrogen-bond acceptors (Lipinski definition) is 5. The van der Waals surface area contributed by atoms with Crippen LogP contribution in [0.2, 0.25) is 0 Å². The molecule has 2 amide bonds. The smallest absolute Gasteiger partial charge is 0.278 e. The summed E-state index contributed by atoms with van der Waals surface area (Å²) in [5.74, 6) is -0.151. The molecular weight excluding hydrogens is 390 g/mol. The molecule has 6 heteroatoms. The fourth-order valence-electron chi connectivity index (χ4n) is 3.76. The molecule has 0 atom stereocenters. The monoisotopic (exact) mass is 415 g/mol. The molecule has 0 fully saturated rings. The molecule has 1 aliphatic rings. The lowest BCUT2D eigenvalue weighted by molar-refractivity contribution is -0.137. The van der Waals surface area contributed by atoms with Gasteiger partial charge in [0.15, 0.2) is 0 Å². The topological polar surface area (TPSA) is 65.8 Å². The zero-order valence-corrected chi connectivity index (χ0v) is 17.7. The Balaban J connectivity index is 1.67. The lowest BCUT2D eigenvalue weighted by Gasteiger charge is -2.21. The molecule has 0 saturated carbocycles. The van der Waals surface area contributed by atoms with Crippen molar-refractivity contribution in [1.82, 2.24) is 4.90 Å². The van der Waals surface area contributed by atoms with Crippen molar-refractivity contribution in [3.63, 3.8) is 0 Å². The number of furan rings is 1. The van der Waals surface area contributed by atoms with Crippen molar-refractivity contribution in [1.29, 1.82) is 0 Å². The van der Waals surface area contributed by atoms with Crippen LogP contribution in [-0.4, -0.2) is 29.8 Å². The Morgan fingerprint density at radius 3 is 2.19 bits per heavy atom. The van der Waals surface area contributed by atoms with Crippen LogP contribution in [0.1, 0.15) is 25.2 Å². The largest absolute Gasteiger partial charge is 0.467 e. The number of anilines is 2. The van der Waals surface area contributed by atoms with E-state index in [0.29, 0.717) is 16.9 Å². The van der Waals surface area contributed by atoms with E-state index in [1.807, 2.05) is 54.6 Å². The van der Waals surface area contributed by atoms with Crippen LogP contribution in [0, 0.1) is 0 Å². The number of carbonyl (C=O) groups excluding carboxylic acids is 2. The maximum absolute atomic E-state index is 13.2. The van der Waals surface area contributed by atoms with E-state index in [4.69, 9.17) is 4.42 Å². The lowest BCUT2D eigenvalue weighted by Crippen LogP contribution is -2.31. The Labute approximate surface area is 181 Å². The van der Waals surface area contributed by atoms with Crippen LogP contribution in [0.15, 0.2) is 83.1 Å². The summed E-state index contributed by atoms with van der Waals surface area (Å²) in [5, 5.41) is 3.20. The third-order valence-electron chi connectivity index (χ3n) is 5.39. The third kappa shape index (κ3) is 4.10. The minimum Gasteiger partial charge on any atom is -0.467 e. The standard InChI is InChI=1S/C25H25N3O3/c1-3-27(4-2)20-14-12-19(13-15-20)26-23-22(18-9-6-5-7-10-18)24(29)28(25(23)30)17-21-11-8-16-31-21/h5-16,26H,3-4,17H2,1-2H3. The van der Waals surface area contributed by atoms with E-state index < -0.39 is 0 Å². The average molecular weight is 415 g/mol. The van der Waals surface area contributed by atoms with Crippen molar-refractivity contribution in [2.24, 2.45) is 0 Å². The highest BCUT2D eigenvalue weighted by Crippen LogP contribution is 2.32. The van der Waals surface area contributed by atoms with Gasteiger partial charge in [-0.25, -0.2) is 0 Å². The summed E-state index contributed by atoms with van der Waals surface area (Å²) in [6.07, 6.45) is 1.53. The van der Waals surface area contributed by atoms with Gasteiger partial charge in [0.05, 0.1) is 18.4 Å². The Kier molecular flexibility index (Phi) is 5.89. The van der Waals surface area contributed by atoms with Crippen LogP contribution < -0.4 is 10.2 Å². The summed E-state index contributed by atoms with van der Waals surface area (Å²) in [4.78, 5) is 29.9. The minimum atomic E-state index is -0.368. The van der Waals surface area contributed by atoms with E-state index in [-0.39, 0.29) is 24.1 Å².